The highest BCUT2D eigenvalue weighted by Crippen LogP contribution is 2.22. The lowest BCUT2D eigenvalue weighted by Crippen LogP contribution is -2.17. The fraction of sp³-hybridized carbons (Fsp3) is 0.0909. The van der Waals surface area contributed by atoms with Gasteiger partial charge in [0.1, 0.15) is 5.75 Å². The van der Waals surface area contributed by atoms with Gasteiger partial charge in [-0.2, -0.15) is 9.67 Å². The summed E-state index contributed by atoms with van der Waals surface area (Å²) in [6, 6.07) is 20.7. The molecular weight excluding hydrogens is 366 g/mol. The second-order valence-electron chi connectivity index (χ2n) is 6.29. The van der Waals surface area contributed by atoms with E-state index in [0.29, 0.717) is 23.9 Å². The Balaban J connectivity index is 1.68. The van der Waals surface area contributed by atoms with Crippen LogP contribution in [0.5, 0.6) is 5.75 Å². The molecule has 29 heavy (non-hydrogen) atoms. The summed E-state index contributed by atoms with van der Waals surface area (Å²) < 4.78 is 6.48. The summed E-state index contributed by atoms with van der Waals surface area (Å²) in [5.74, 6) is 1.25. The summed E-state index contributed by atoms with van der Waals surface area (Å²) in [7, 11) is 1.61. The van der Waals surface area contributed by atoms with Crippen LogP contribution in [0.3, 0.4) is 0 Å². The molecule has 0 amide bonds. The topological polar surface area (TPSA) is 81.9 Å². The molecule has 0 atom stereocenters. The van der Waals surface area contributed by atoms with Gasteiger partial charge in [-0.25, -0.2) is 0 Å². The van der Waals surface area contributed by atoms with Crippen molar-refractivity contribution >= 4 is 11.9 Å². The van der Waals surface area contributed by atoms with E-state index < -0.39 is 0 Å². The van der Waals surface area contributed by atoms with E-state index in [-0.39, 0.29) is 5.91 Å². The number of rotatable bonds is 6. The monoisotopic (exact) mass is 385 g/mol. The molecule has 7 nitrogen and oxygen atoms in total. The van der Waals surface area contributed by atoms with Crippen molar-refractivity contribution in [2.24, 2.45) is 0 Å². The lowest BCUT2D eigenvalue weighted by Gasteiger charge is -2.07. The zero-order chi connectivity index (χ0) is 20.1. The van der Waals surface area contributed by atoms with Crippen LogP contribution in [-0.2, 0) is 6.54 Å². The lowest BCUT2D eigenvalue weighted by molar-refractivity contribution is 0.0947. The van der Waals surface area contributed by atoms with Crippen LogP contribution in [0, 0.1) is 0 Å². The van der Waals surface area contributed by atoms with Gasteiger partial charge in [-0.3, -0.25) is 9.78 Å². The molecule has 7 heteroatoms. The molecule has 0 aliphatic rings. The standard InChI is InChI=1S/C22H19N5O2/c1-29-19-11-9-17(10-12-19)20-25-22(24-14-16-6-3-2-4-7-16)27(26-20)21(28)18-8-5-13-23-15-18/h2-13,15H,14H2,1H3,(H,24,25,26). The number of nitrogens with zero attached hydrogens (tertiary/aromatic N) is 4. The number of aromatic nitrogens is 4. The first kappa shape index (κ1) is 18.4. The molecule has 2 aromatic heterocycles. The Morgan fingerprint density at radius 2 is 1.83 bits per heavy atom. The van der Waals surface area contributed by atoms with Gasteiger partial charge in [0.2, 0.25) is 5.95 Å². The van der Waals surface area contributed by atoms with Crippen molar-refractivity contribution in [1.29, 1.82) is 0 Å². The Labute approximate surface area is 168 Å². The van der Waals surface area contributed by atoms with Gasteiger partial charge in [-0.1, -0.05) is 30.3 Å². The molecule has 4 rings (SSSR count). The molecule has 1 N–H and O–H groups in total. The SMILES string of the molecule is COc1ccc(-c2nc(NCc3ccccc3)n(C(=O)c3cccnc3)n2)cc1. The quantitative estimate of drug-likeness (QED) is 0.546. The first-order valence-corrected chi connectivity index (χ1v) is 9.08. The van der Waals surface area contributed by atoms with Crippen LogP contribution in [0.2, 0.25) is 0 Å². The molecule has 4 aromatic rings. The van der Waals surface area contributed by atoms with Crippen molar-refractivity contribution in [3.05, 3.63) is 90.3 Å². The van der Waals surface area contributed by atoms with E-state index in [0.717, 1.165) is 16.9 Å². The molecule has 0 radical (unpaired) electrons. The van der Waals surface area contributed by atoms with E-state index in [9.17, 15) is 4.79 Å². The number of anilines is 1. The molecule has 2 aromatic carbocycles. The summed E-state index contributed by atoms with van der Waals surface area (Å²) in [5, 5.41) is 7.67. The van der Waals surface area contributed by atoms with Gasteiger partial charge in [0.05, 0.1) is 12.7 Å². The minimum atomic E-state index is -0.305. The highest BCUT2D eigenvalue weighted by atomic mass is 16.5. The highest BCUT2D eigenvalue weighted by molar-refractivity contribution is 5.96. The third-order valence-electron chi connectivity index (χ3n) is 4.35. The van der Waals surface area contributed by atoms with Crippen molar-refractivity contribution in [2.45, 2.75) is 6.54 Å². The maximum absolute atomic E-state index is 13.0. The zero-order valence-electron chi connectivity index (χ0n) is 15.8. The van der Waals surface area contributed by atoms with Crippen molar-refractivity contribution in [2.75, 3.05) is 12.4 Å². The van der Waals surface area contributed by atoms with E-state index in [2.05, 4.69) is 20.4 Å². The smallest absolute Gasteiger partial charge is 0.282 e. The Morgan fingerprint density at radius 1 is 1.03 bits per heavy atom. The van der Waals surface area contributed by atoms with Gasteiger partial charge in [0.25, 0.3) is 5.91 Å². The summed E-state index contributed by atoms with van der Waals surface area (Å²) >= 11 is 0. The largest absolute Gasteiger partial charge is 0.497 e. The maximum Gasteiger partial charge on any atom is 0.282 e. The number of hydrogen-bond donors (Lipinski definition) is 1. The second kappa shape index (κ2) is 8.35. The van der Waals surface area contributed by atoms with E-state index in [1.807, 2.05) is 54.6 Å². The summed E-state index contributed by atoms with van der Waals surface area (Å²) in [6.45, 7) is 0.516. The number of carbonyl (C=O) groups is 1. The Bertz CT molecular complexity index is 1090. The molecule has 0 spiro atoms. The molecule has 0 saturated heterocycles. The fourth-order valence-electron chi connectivity index (χ4n) is 2.82. The predicted molar refractivity (Wildman–Crippen MR) is 110 cm³/mol. The Kier molecular flexibility index (Phi) is 5.29. The minimum absolute atomic E-state index is 0.305. The Hall–Kier alpha value is -4.00. The number of pyridine rings is 1. The number of methoxy groups -OCH3 is 1. The van der Waals surface area contributed by atoms with Crippen LogP contribution in [-0.4, -0.2) is 32.8 Å². The number of carbonyl (C=O) groups excluding carboxylic acids is 1. The summed E-state index contributed by atoms with van der Waals surface area (Å²) in [6.07, 6.45) is 3.13. The number of benzene rings is 2. The van der Waals surface area contributed by atoms with Crippen LogP contribution >= 0.6 is 0 Å². The van der Waals surface area contributed by atoms with Crippen molar-refractivity contribution in [3.63, 3.8) is 0 Å². The molecule has 0 saturated carbocycles. The number of nitrogens with one attached hydrogen (secondary N) is 1. The average Bonchev–Trinajstić information content (AvgIpc) is 3.23. The molecule has 0 aliphatic heterocycles. The third-order valence-corrected chi connectivity index (χ3v) is 4.35. The van der Waals surface area contributed by atoms with E-state index in [4.69, 9.17) is 4.74 Å². The molecule has 2 heterocycles. The van der Waals surface area contributed by atoms with E-state index >= 15 is 0 Å². The maximum atomic E-state index is 13.0. The number of hydrogen-bond acceptors (Lipinski definition) is 6. The van der Waals surface area contributed by atoms with Crippen molar-refractivity contribution in [1.82, 2.24) is 19.7 Å². The molecule has 144 valence electrons. The number of ether oxygens (including phenoxy) is 1. The zero-order valence-corrected chi connectivity index (χ0v) is 15.8. The molecular formula is C22H19N5O2. The van der Waals surface area contributed by atoms with Crippen molar-refractivity contribution < 1.29 is 9.53 Å². The van der Waals surface area contributed by atoms with Gasteiger partial charge < -0.3 is 10.1 Å². The first-order valence-electron chi connectivity index (χ1n) is 9.08. The van der Waals surface area contributed by atoms with Crippen LogP contribution in [0.15, 0.2) is 79.1 Å². The average molecular weight is 385 g/mol. The Morgan fingerprint density at radius 3 is 2.52 bits per heavy atom. The fourth-order valence-corrected chi connectivity index (χ4v) is 2.82. The van der Waals surface area contributed by atoms with Crippen LogP contribution in [0.4, 0.5) is 5.95 Å². The summed E-state index contributed by atoms with van der Waals surface area (Å²) in [5.41, 5.74) is 2.29. The van der Waals surface area contributed by atoms with Gasteiger partial charge in [0.15, 0.2) is 5.82 Å². The lowest BCUT2D eigenvalue weighted by atomic mass is 10.2. The van der Waals surface area contributed by atoms with Gasteiger partial charge in [0, 0.05) is 24.5 Å². The summed E-state index contributed by atoms with van der Waals surface area (Å²) in [4.78, 5) is 21.6. The van der Waals surface area contributed by atoms with Gasteiger partial charge >= 0.3 is 0 Å². The van der Waals surface area contributed by atoms with Gasteiger partial charge in [-0.05, 0) is 42.0 Å². The van der Waals surface area contributed by atoms with E-state index in [1.165, 1.54) is 10.9 Å². The molecule has 0 unspecified atom stereocenters. The van der Waals surface area contributed by atoms with E-state index in [1.54, 1.807) is 25.4 Å². The van der Waals surface area contributed by atoms with Crippen LogP contribution in [0.25, 0.3) is 11.4 Å². The highest BCUT2D eigenvalue weighted by Gasteiger charge is 2.19. The predicted octanol–water partition coefficient (Wildman–Crippen LogP) is 3.65. The normalized spacial score (nSPS) is 10.5. The molecule has 0 aliphatic carbocycles. The molecule has 0 bridgehead atoms. The third kappa shape index (κ3) is 4.14. The molecule has 0 fully saturated rings. The van der Waals surface area contributed by atoms with Crippen LogP contribution in [0.1, 0.15) is 15.9 Å². The minimum Gasteiger partial charge on any atom is -0.497 e. The van der Waals surface area contributed by atoms with Crippen molar-refractivity contribution in [3.8, 4) is 17.1 Å². The van der Waals surface area contributed by atoms with Crippen LogP contribution < -0.4 is 10.1 Å². The van der Waals surface area contributed by atoms with Gasteiger partial charge in [-0.15, -0.1) is 5.10 Å². The first-order chi connectivity index (χ1) is 14.2. The second-order valence-corrected chi connectivity index (χ2v) is 6.29.